The number of hydrogen-bond donors (Lipinski definition) is 1. The van der Waals surface area contributed by atoms with Crippen molar-refractivity contribution >= 4 is 5.78 Å². The molecule has 0 spiro atoms. The van der Waals surface area contributed by atoms with Gasteiger partial charge in [0.25, 0.3) is 0 Å². The van der Waals surface area contributed by atoms with Gasteiger partial charge in [-0.3, -0.25) is 4.79 Å². The predicted octanol–water partition coefficient (Wildman–Crippen LogP) is 3.47. The van der Waals surface area contributed by atoms with Crippen LogP contribution in [0.2, 0.25) is 0 Å². The van der Waals surface area contributed by atoms with Crippen molar-refractivity contribution in [2.24, 2.45) is 11.7 Å². The summed E-state index contributed by atoms with van der Waals surface area (Å²) in [5.74, 6) is 0.202. The van der Waals surface area contributed by atoms with Crippen LogP contribution in [0.25, 0.3) is 0 Å². The van der Waals surface area contributed by atoms with Crippen LogP contribution in [0, 0.1) is 18.7 Å². The van der Waals surface area contributed by atoms with E-state index in [9.17, 15) is 9.18 Å². The van der Waals surface area contributed by atoms with Gasteiger partial charge < -0.3 is 5.73 Å². The second kappa shape index (κ2) is 7.27. The molecule has 3 heteroatoms. The summed E-state index contributed by atoms with van der Waals surface area (Å²) in [6.07, 6.45) is 3.29. The van der Waals surface area contributed by atoms with E-state index in [-0.39, 0.29) is 11.6 Å². The lowest BCUT2D eigenvalue weighted by atomic mass is 9.93. The predicted molar refractivity (Wildman–Crippen MR) is 72.2 cm³/mol. The Balaban J connectivity index is 2.57. The minimum absolute atomic E-state index is 0.0179. The molecule has 0 saturated heterocycles. The zero-order valence-electron chi connectivity index (χ0n) is 11.2. The number of benzene rings is 1. The molecule has 0 bridgehead atoms. The molecule has 1 unspecified atom stereocenters. The first kappa shape index (κ1) is 14.8. The fourth-order valence-electron chi connectivity index (χ4n) is 2.03. The molecule has 1 aromatic rings. The number of Topliss-reactive ketones (excluding diaryl/α,β-unsaturated/α-hetero) is 1. The number of rotatable bonds is 7. The SMILES string of the molecule is CCC(CCN)CCC(=O)c1ccc(C)c(F)c1. The van der Waals surface area contributed by atoms with Crippen molar-refractivity contribution < 1.29 is 9.18 Å². The summed E-state index contributed by atoms with van der Waals surface area (Å²) >= 11 is 0. The zero-order valence-corrected chi connectivity index (χ0v) is 11.2. The average Bonchev–Trinajstić information content (AvgIpc) is 2.37. The van der Waals surface area contributed by atoms with Crippen LogP contribution in [0.4, 0.5) is 4.39 Å². The van der Waals surface area contributed by atoms with Crippen molar-refractivity contribution in [2.75, 3.05) is 6.54 Å². The highest BCUT2D eigenvalue weighted by molar-refractivity contribution is 5.96. The Morgan fingerprint density at radius 2 is 2.11 bits per heavy atom. The molecule has 18 heavy (non-hydrogen) atoms. The smallest absolute Gasteiger partial charge is 0.162 e. The molecule has 0 aliphatic carbocycles. The fraction of sp³-hybridized carbons (Fsp3) is 0.533. The van der Waals surface area contributed by atoms with E-state index < -0.39 is 0 Å². The molecule has 0 fully saturated rings. The number of hydrogen-bond acceptors (Lipinski definition) is 2. The lowest BCUT2D eigenvalue weighted by molar-refractivity contribution is 0.0972. The van der Waals surface area contributed by atoms with Crippen LogP contribution in [-0.4, -0.2) is 12.3 Å². The normalized spacial score (nSPS) is 12.4. The van der Waals surface area contributed by atoms with Gasteiger partial charge in [-0.05, 0) is 43.9 Å². The van der Waals surface area contributed by atoms with Crippen molar-refractivity contribution in [2.45, 2.75) is 39.5 Å². The van der Waals surface area contributed by atoms with Gasteiger partial charge in [0.15, 0.2) is 5.78 Å². The third-order valence-electron chi connectivity index (χ3n) is 3.43. The van der Waals surface area contributed by atoms with Gasteiger partial charge in [-0.15, -0.1) is 0 Å². The van der Waals surface area contributed by atoms with Crippen LogP contribution in [-0.2, 0) is 0 Å². The summed E-state index contributed by atoms with van der Waals surface area (Å²) in [6, 6.07) is 4.69. The Labute approximate surface area is 108 Å². The van der Waals surface area contributed by atoms with Crippen LogP contribution >= 0.6 is 0 Å². The Morgan fingerprint density at radius 3 is 2.67 bits per heavy atom. The molecule has 0 amide bonds. The molecule has 1 rings (SSSR count). The number of halogens is 1. The van der Waals surface area contributed by atoms with Crippen molar-refractivity contribution in [3.05, 3.63) is 35.1 Å². The minimum atomic E-state index is -0.310. The summed E-state index contributed by atoms with van der Waals surface area (Å²) in [5, 5.41) is 0. The van der Waals surface area contributed by atoms with Gasteiger partial charge in [0, 0.05) is 12.0 Å². The van der Waals surface area contributed by atoms with Gasteiger partial charge in [-0.2, -0.15) is 0 Å². The maximum Gasteiger partial charge on any atom is 0.162 e. The standard InChI is InChI=1S/C15H22FNO/c1-3-12(8-9-17)5-7-15(18)13-6-4-11(2)14(16)10-13/h4,6,10,12H,3,5,7-9,17H2,1-2H3. The maximum atomic E-state index is 13.4. The van der Waals surface area contributed by atoms with Gasteiger partial charge in [0.05, 0.1) is 0 Å². The molecular formula is C15H22FNO. The topological polar surface area (TPSA) is 43.1 Å². The number of carbonyl (C=O) groups is 1. The highest BCUT2D eigenvalue weighted by Crippen LogP contribution is 2.18. The molecule has 100 valence electrons. The number of aryl methyl sites for hydroxylation is 1. The van der Waals surface area contributed by atoms with Gasteiger partial charge in [-0.25, -0.2) is 4.39 Å². The Hall–Kier alpha value is -1.22. The highest BCUT2D eigenvalue weighted by atomic mass is 19.1. The number of nitrogens with two attached hydrogens (primary N) is 1. The zero-order chi connectivity index (χ0) is 13.5. The van der Waals surface area contributed by atoms with E-state index in [0.717, 1.165) is 19.3 Å². The largest absolute Gasteiger partial charge is 0.330 e. The molecular weight excluding hydrogens is 229 g/mol. The summed E-state index contributed by atoms with van der Waals surface area (Å²) in [5.41, 5.74) is 6.57. The molecule has 0 saturated carbocycles. The van der Waals surface area contributed by atoms with Gasteiger partial charge in [0.1, 0.15) is 5.82 Å². The second-order valence-electron chi connectivity index (χ2n) is 4.78. The molecule has 0 aliphatic heterocycles. The summed E-state index contributed by atoms with van der Waals surface area (Å²) in [7, 11) is 0. The third-order valence-corrected chi connectivity index (χ3v) is 3.43. The molecule has 0 aliphatic rings. The number of carbonyl (C=O) groups excluding carboxylic acids is 1. The van der Waals surface area contributed by atoms with Crippen molar-refractivity contribution in [3.63, 3.8) is 0 Å². The first-order chi connectivity index (χ1) is 8.58. The summed E-state index contributed by atoms with van der Waals surface area (Å²) in [4.78, 5) is 11.9. The molecule has 2 N–H and O–H groups in total. The lowest BCUT2D eigenvalue weighted by Crippen LogP contribution is -2.10. The van der Waals surface area contributed by atoms with Crippen LogP contribution in [0.5, 0.6) is 0 Å². The molecule has 0 radical (unpaired) electrons. The average molecular weight is 251 g/mol. The second-order valence-corrected chi connectivity index (χ2v) is 4.78. The quantitative estimate of drug-likeness (QED) is 0.754. The van der Waals surface area contributed by atoms with E-state index in [1.165, 1.54) is 6.07 Å². The summed E-state index contributed by atoms with van der Waals surface area (Å²) in [6.45, 7) is 4.46. The Bertz CT molecular complexity index is 403. The van der Waals surface area contributed by atoms with E-state index in [1.54, 1.807) is 19.1 Å². The lowest BCUT2D eigenvalue weighted by Gasteiger charge is -2.12. The van der Waals surface area contributed by atoms with Crippen LogP contribution in [0.3, 0.4) is 0 Å². The summed E-state index contributed by atoms with van der Waals surface area (Å²) < 4.78 is 13.4. The Kier molecular flexibility index (Phi) is 5.99. The highest BCUT2D eigenvalue weighted by Gasteiger charge is 2.11. The van der Waals surface area contributed by atoms with Crippen LogP contribution in [0.1, 0.15) is 48.5 Å². The molecule has 2 nitrogen and oxygen atoms in total. The van der Waals surface area contributed by atoms with Crippen molar-refractivity contribution in [1.29, 1.82) is 0 Å². The van der Waals surface area contributed by atoms with E-state index in [4.69, 9.17) is 5.73 Å². The maximum absolute atomic E-state index is 13.4. The van der Waals surface area contributed by atoms with Crippen molar-refractivity contribution in [1.82, 2.24) is 0 Å². The van der Waals surface area contributed by atoms with Gasteiger partial charge in [0.2, 0.25) is 0 Å². The van der Waals surface area contributed by atoms with E-state index in [2.05, 4.69) is 6.92 Å². The van der Waals surface area contributed by atoms with Crippen LogP contribution in [0.15, 0.2) is 18.2 Å². The molecule has 1 atom stereocenters. The van der Waals surface area contributed by atoms with E-state index in [0.29, 0.717) is 30.0 Å². The third kappa shape index (κ3) is 4.22. The van der Waals surface area contributed by atoms with E-state index >= 15 is 0 Å². The number of ketones is 1. The monoisotopic (exact) mass is 251 g/mol. The van der Waals surface area contributed by atoms with Gasteiger partial charge >= 0.3 is 0 Å². The Morgan fingerprint density at radius 1 is 1.39 bits per heavy atom. The van der Waals surface area contributed by atoms with Crippen molar-refractivity contribution in [3.8, 4) is 0 Å². The van der Waals surface area contributed by atoms with E-state index in [1.807, 2.05) is 0 Å². The molecule has 1 aromatic carbocycles. The van der Waals surface area contributed by atoms with Crippen LogP contribution < -0.4 is 5.73 Å². The fourth-order valence-corrected chi connectivity index (χ4v) is 2.03. The first-order valence-electron chi connectivity index (χ1n) is 6.57. The first-order valence-corrected chi connectivity index (χ1v) is 6.57. The molecule has 0 heterocycles. The van der Waals surface area contributed by atoms with Gasteiger partial charge in [-0.1, -0.05) is 25.5 Å². The minimum Gasteiger partial charge on any atom is -0.330 e. The molecule has 0 aromatic heterocycles.